The third-order valence-electron chi connectivity index (χ3n) is 4.21. The standard InChI is InChI=1S/C21H22N2O7/c1-14(16-5-8-18-19(9-16)29-13-28-18)23-20(24)11-27-21(25)12-30-22-10-15-3-6-17(26-2)7-4-15/h3-10,14H,11-13H2,1-2H3,(H,23,24)/b22-10-/t14-/m1/s1. The number of fused-ring (bicyclic) bond motifs is 1. The Labute approximate surface area is 173 Å². The second-order valence-electron chi connectivity index (χ2n) is 6.34. The lowest BCUT2D eigenvalue weighted by Gasteiger charge is -2.14. The molecule has 1 aliphatic rings. The Morgan fingerprint density at radius 2 is 1.90 bits per heavy atom. The van der Waals surface area contributed by atoms with Crippen LogP contribution in [0.15, 0.2) is 47.6 Å². The summed E-state index contributed by atoms with van der Waals surface area (Å²) in [5.41, 5.74) is 1.62. The van der Waals surface area contributed by atoms with Crippen LogP contribution in [0.3, 0.4) is 0 Å². The lowest BCUT2D eigenvalue weighted by molar-refractivity contribution is -0.153. The second kappa shape index (κ2) is 10.1. The van der Waals surface area contributed by atoms with Gasteiger partial charge in [0.05, 0.1) is 19.4 Å². The summed E-state index contributed by atoms with van der Waals surface area (Å²) in [7, 11) is 1.58. The summed E-state index contributed by atoms with van der Waals surface area (Å²) in [5, 5.41) is 6.44. The highest BCUT2D eigenvalue weighted by atomic mass is 16.7. The summed E-state index contributed by atoms with van der Waals surface area (Å²) in [6.45, 7) is 1.17. The van der Waals surface area contributed by atoms with Crippen molar-refractivity contribution in [3.05, 3.63) is 53.6 Å². The molecule has 2 aromatic carbocycles. The van der Waals surface area contributed by atoms with Gasteiger partial charge in [0.1, 0.15) is 5.75 Å². The van der Waals surface area contributed by atoms with Crippen LogP contribution in [0.2, 0.25) is 0 Å². The summed E-state index contributed by atoms with van der Waals surface area (Å²) in [5.74, 6) is 0.888. The molecule has 3 rings (SSSR count). The number of ether oxygens (including phenoxy) is 4. The normalized spacial score (nSPS) is 13.0. The SMILES string of the molecule is COc1ccc(/C=N\OCC(=O)OCC(=O)N[C@H](C)c2ccc3c(c2)OCO3)cc1. The largest absolute Gasteiger partial charge is 0.497 e. The Hall–Kier alpha value is -3.75. The molecular formula is C21H22N2O7. The molecular weight excluding hydrogens is 392 g/mol. The first-order valence-corrected chi connectivity index (χ1v) is 9.19. The van der Waals surface area contributed by atoms with E-state index < -0.39 is 25.1 Å². The van der Waals surface area contributed by atoms with Crippen molar-refractivity contribution < 1.29 is 33.4 Å². The van der Waals surface area contributed by atoms with Crippen molar-refractivity contribution in [3.8, 4) is 17.2 Å². The van der Waals surface area contributed by atoms with Gasteiger partial charge in [0.2, 0.25) is 13.4 Å². The highest BCUT2D eigenvalue weighted by Crippen LogP contribution is 2.34. The fourth-order valence-electron chi connectivity index (χ4n) is 2.61. The minimum absolute atomic E-state index is 0.182. The predicted octanol–water partition coefficient (Wildman–Crippen LogP) is 2.20. The molecule has 0 radical (unpaired) electrons. The van der Waals surface area contributed by atoms with E-state index in [-0.39, 0.29) is 12.8 Å². The Morgan fingerprint density at radius 3 is 2.67 bits per heavy atom. The molecule has 9 nitrogen and oxygen atoms in total. The number of benzene rings is 2. The van der Waals surface area contributed by atoms with Gasteiger partial charge in [0, 0.05) is 0 Å². The van der Waals surface area contributed by atoms with Crippen molar-refractivity contribution in [2.24, 2.45) is 5.16 Å². The number of amides is 1. The maximum Gasteiger partial charge on any atom is 0.347 e. The van der Waals surface area contributed by atoms with Crippen LogP contribution in [-0.4, -0.2) is 45.2 Å². The molecule has 9 heteroatoms. The average Bonchev–Trinajstić information content (AvgIpc) is 3.23. The number of esters is 1. The van der Waals surface area contributed by atoms with E-state index in [0.29, 0.717) is 11.5 Å². The van der Waals surface area contributed by atoms with E-state index in [1.54, 1.807) is 43.5 Å². The Morgan fingerprint density at radius 1 is 1.13 bits per heavy atom. The first-order chi connectivity index (χ1) is 14.5. The number of carbonyl (C=O) groups is 2. The van der Waals surface area contributed by atoms with E-state index in [4.69, 9.17) is 23.8 Å². The minimum Gasteiger partial charge on any atom is -0.497 e. The number of methoxy groups -OCH3 is 1. The monoisotopic (exact) mass is 414 g/mol. The van der Waals surface area contributed by atoms with Crippen LogP contribution in [0.1, 0.15) is 24.1 Å². The van der Waals surface area contributed by atoms with E-state index in [0.717, 1.165) is 16.9 Å². The molecule has 0 fully saturated rings. The number of hydrogen-bond donors (Lipinski definition) is 1. The maximum absolute atomic E-state index is 12.0. The molecule has 0 bridgehead atoms. The third kappa shape index (κ3) is 5.87. The van der Waals surface area contributed by atoms with Gasteiger partial charge in [0.15, 0.2) is 18.1 Å². The molecule has 1 N–H and O–H groups in total. The van der Waals surface area contributed by atoms with Gasteiger partial charge in [-0.1, -0.05) is 11.2 Å². The van der Waals surface area contributed by atoms with Gasteiger partial charge in [-0.05, 0) is 54.4 Å². The van der Waals surface area contributed by atoms with Crippen molar-refractivity contribution in [2.75, 3.05) is 27.1 Å². The molecule has 0 saturated heterocycles. The van der Waals surface area contributed by atoms with E-state index in [2.05, 4.69) is 10.5 Å². The zero-order valence-corrected chi connectivity index (χ0v) is 16.6. The van der Waals surface area contributed by atoms with Crippen LogP contribution < -0.4 is 19.5 Å². The van der Waals surface area contributed by atoms with E-state index in [1.807, 2.05) is 13.0 Å². The molecule has 1 amide bonds. The molecule has 30 heavy (non-hydrogen) atoms. The number of nitrogens with zero attached hydrogens (tertiary/aromatic N) is 1. The molecule has 2 aromatic rings. The van der Waals surface area contributed by atoms with Crippen molar-refractivity contribution >= 4 is 18.1 Å². The van der Waals surface area contributed by atoms with E-state index in [1.165, 1.54) is 6.21 Å². The quantitative estimate of drug-likeness (QED) is 0.381. The van der Waals surface area contributed by atoms with Gasteiger partial charge >= 0.3 is 5.97 Å². The van der Waals surface area contributed by atoms with Crippen molar-refractivity contribution in [3.63, 3.8) is 0 Å². The van der Waals surface area contributed by atoms with Gasteiger partial charge in [-0.3, -0.25) is 4.79 Å². The van der Waals surface area contributed by atoms with Crippen LogP contribution in [0.25, 0.3) is 0 Å². The molecule has 1 aliphatic heterocycles. The van der Waals surface area contributed by atoms with Crippen molar-refractivity contribution in [1.82, 2.24) is 5.32 Å². The fraction of sp³-hybridized carbons (Fsp3) is 0.286. The lowest BCUT2D eigenvalue weighted by Crippen LogP contribution is -2.31. The average molecular weight is 414 g/mol. The number of nitrogens with one attached hydrogen (secondary N) is 1. The molecule has 0 aromatic heterocycles. The molecule has 158 valence electrons. The molecule has 1 atom stereocenters. The van der Waals surface area contributed by atoms with Gasteiger partial charge in [0.25, 0.3) is 5.91 Å². The zero-order valence-electron chi connectivity index (χ0n) is 16.6. The highest BCUT2D eigenvalue weighted by Gasteiger charge is 2.17. The maximum atomic E-state index is 12.0. The van der Waals surface area contributed by atoms with Crippen molar-refractivity contribution in [1.29, 1.82) is 0 Å². The van der Waals surface area contributed by atoms with Gasteiger partial charge < -0.3 is 29.1 Å². The van der Waals surface area contributed by atoms with Crippen LogP contribution >= 0.6 is 0 Å². The van der Waals surface area contributed by atoms with Crippen LogP contribution in [0, 0.1) is 0 Å². The van der Waals surface area contributed by atoms with Crippen molar-refractivity contribution in [2.45, 2.75) is 13.0 Å². The Bertz CT molecular complexity index is 912. The minimum atomic E-state index is -0.701. The predicted molar refractivity (Wildman–Crippen MR) is 107 cm³/mol. The summed E-state index contributed by atoms with van der Waals surface area (Å²) in [4.78, 5) is 28.6. The van der Waals surface area contributed by atoms with Gasteiger partial charge in [-0.15, -0.1) is 0 Å². The first kappa shape index (κ1) is 21.0. The summed E-state index contributed by atoms with van der Waals surface area (Å²) in [6, 6.07) is 12.2. The van der Waals surface area contributed by atoms with Crippen LogP contribution in [0.5, 0.6) is 17.2 Å². The smallest absolute Gasteiger partial charge is 0.347 e. The number of carbonyl (C=O) groups excluding carboxylic acids is 2. The molecule has 0 aliphatic carbocycles. The highest BCUT2D eigenvalue weighted by molar-refractivity contribution is 5.81. The number of hydrogen-bond acceptors (Lipinski definition) is 8. The molecule has 0 unspecified atom stereocenters. The zero-order chi connectivity index (χ0) is 21.3. The summed E-state index contributed by atoms with van der Waals surface area (Å²) in [6.07, 6.45) is 1.45. The van der Waals surface area contributed by atoms with Crippen LogP contribution in [0.4, 0.5) is 0 Å². The van der Waals surface area contributed by atoms with Gasteiger partial charge in [-0.2, -0.15) is 0 Å². The third-order valence-corrected chi connectivity index (χ3v) is 4.21. The van der Waals surface area contributed by atoms with E-state index in [9.17, 15) is 9.59 Å². The molecule has 1 heterocycles. The van der Waals surface area contributed by atoms with Crippen LogP contribution in [-0.2, 0) is 19.2 Å². The fourth-order valence-corrected chi connectivity index (χ4v) is 2.61. The summed E-state index contributed by atoms with van der Waals surface area (Å²) < 4.78 is 20.5. The summed E-state index contributed by atoms with van der Waals surface area (Å²) >= 11 is 0. The second-order valence-corrected chi connectivity index (χ2v) is 6.34. The topological polar surface area (TPSA) is 105 Å². The van der Waals surface area contributed by atoms with Gasteiger partial charge in [-0.25, -0.2) is 4.79 Å². The molecule has 0 saturated carbocycles. The Balaban J connectivity index is 1.35. The van der Waals surface area contributed by atoms with E-state index >= 15 is 0 Å². The first-order valence-electron chi connectivity index (χ1n) is 9.19. The Kier molecular flexibility index (Phi) is 7.09. The lowest BCUT2D eigenvalue weighted by atomic mass is 10.1. The number of rotatable bonds is 9. The molecule has 0 spiro atoms. The number of oxime groups is 1.